The number of benzene rings is 1. The number of nitro benzene ring substituents is 1. The second kappa shape index (κ2) is 5.82. The Kier molecular flexibility index (Phi) is 3.93. The lowest BCUT2D eigenvalue weighted by Gasteiger charge is -2.03. The van der Waals surface area contributed by atoms with Crippen molar-refractivity contribution in [2.24, 2.45) is 5.11 Å². The number of nitro groups is 1. The molecule has 0 saturated heterocycles. The Morgan fingerprint density at radius 2 is 1.90 bits per heavy atom. The summed E-state index contributed by atoms with van der Waals surface area (Å²) in [6, 6.07) is 5.18. The number of amides is 3. The van der Waals surface area contributed by atoms with Crippen LogP contribution in [0.1, 0.15) is 0 Å². The fourth-order valence-electron chi connectivity index (χ4n) is 1.55. The Morgan fingerprint density at radius 1 is 1.24 bits per heavy atom. The summed E-state index contributed by atoms with van der Waals surface area (Å²) in [7, 11) is 0. The van der Waals surface area contributed by atoms with Crippen molar-refractivity contribution in [1.29, 1.82) is 0 Å². The highest BCUT2D eigenvalue weighted by molar-refractivity contribution is 5.98. The van der Waals surface area contributed by atoms with Crippen LogP contribution in [0, 0.1) is 10.1 Å². The molecule has 0 aliphatic carbocycles. The molecule has 9 nitrogen and oxygen atoms in total. The largest absolute Gasteiger partial charge is 0.437 e. The standard InChI is InChI=1S/C12H8N4O5/c17-10-5-6-12(19)15(14-10)7-11(18)13-8-1-3-9(4-2-8)16(20)21/h1-6H,7H2/p+1. The van der Waals surface area contributed by atoms with E-state index in [9.17, 15) is 24.5 Å². The van der Waals surface area contributed by atoms with Crippen LogP contribution in [0.15, 0.2) is 41.5 Å². The predicted molar refractivity (Wildman–Crippen MR) is 68.4 cm³/mol. The van der Waals surface area contributed by atoms with Gasteiger partial charge in [-0.15, -0.1) is 0 Å². The summed E-state index contributed by atoms with van der Waals surface area (Å²) in [5, 5.41) is 16.3. The van der Waals surface area contributed by atoms with Crippen LogP contribution in [0.25, 0.3) is 0 Å². The highest BCUT2D eigenvalue weighted by Crippen LogP contribution is 2.15. The van der Waals surface area contributed by atoms with E-state index in [0.717, 1.165) is 16.8 Å². The van der Waals surface area contributed by atoms with Crippen molar-refractivity contribution in [2.45, 2.75) is 0 Å². The van der Waals surface area contributed by atoms with E-state index >= 15 is 0 Å². The molecule has 1 aromatic carbocycles. The zero-order valence-corrected chi connectivity index (χ0v) is 10.6. The molecule has 1 N–H and O–H groups in total. The quantitative estimate of drug-likeness (QED) is 0.494. The third kappa shape index (κ3) is 3.62. The highest BCUT2D eigenvalue weighted by Gasteiger charge is 2.26. The van der Waals surface area contributed by atoms with Gasteiger partial charge in [0.15, 0.2) is 0 Å². The SMILES string of the molecule is O=C1C=CC(=O)[N+](CC(=O)Nc2ccc([N+](=O)[O-])cc2)=N1. The van der Waals surface area contributed by atoms with E-state index in [2.05, 4.69) is 10.4 Å². The van der Waals surface area contributed by atoms with Gasteiger partial charge in [-0.25, -0.2) is 4.79 Å². The van der Waals surface area contributed by atoms with E-state index in [4.69, 9.17) is 0 Å². The fourth-order valence-corrected chi connectivity index (χ4v) is 1.55. The molecule has 0 unspecified atom stereocenters. The molecule has 2 rings (SSSR count). The summed E-state index contributed by atoms with van der Waals surface area (Å²) in [5.41, 5.74) is 0.224. The summed E-state index contributed by atoms with van der Waals surface area (Å²) in [4.78, 5) is 44.0. The van der Waals surface area contributed by atoms with E-state index in [0.29, 0.717) is 5.69 Å². The first-order valence-corrected chi connectivity index (χ1v) is 5.75. The van der Waals surface area contributed by atoms with Crippen LogP contribution >= 0.6 is 0 Å². The second-order valence-corrected chi connectivity index (χ2v) is 4.02. The minimum absolute atomic E-state index is 0.107. The van der Waals surface area contributed by atoms with Crippen molar-refractivity contribution in [3.63, 3.8) is 0 Å². The average Bonchev–Trinajstić information content (AvgIpc) is 2.43. The average molecular weight is 289 g/mol. The van der Waals surface area contributed by atoms with E-state index < -0.39 is 29.2 Å². The molecule has 0 radical (unpaired) electrons. The maximum Gasteiger partial charge on any atom is 0.437 e. The van der Waals surface area contributed by atoms with Crippen molar-refractivity contribution in [2.75, 3.05) is 11.9 Å². The summed E-state index contributed by atoms with van der Waals surface area (Å²) >= 11 is 0. The summed E-state index contributed by atoms with van der Waals surface area (Å²) < 4.78 is 0.739. The van der Waals surface area contributed by atoms with E-state index in [1.165, 1.54) is 24.3 Å². The molecule has 0 saturated carbocycles. The molecular weight excluding hydrogens is 280 g/mol. The number of anilines is 1. The molecule has 1 aliphatic rings. The number of nitrogens with zero attached hydrogens (tertiary/aromatic N) is 3. The highest BCUT2D eigenvalue weighted by atomic mass is 16.6. The zero-order chi connectivity index (χ0) is 15.4. The number of carbonyl (C=O) groups is 3. The van der Waals surface area contributed by atoms with Gasteiger partial charge >= 0.3 is 11.8 Å². The third-order valence-electron chi connectivity index (χ3n) is 2.50. The van der Waals surface area contributed by atoms with Crippen molar-refractivity contribution < 1.29 is 24.0 Å². The predicted octanol–water partition coefficient (Wildman–Crippen LogP) is 0.621. The van der Waals surface area contributed by atoms with Gasteiger partial charge in [-0.1, -0.05) is 0 Å². The molecule has 21 heavy (non-hydrogen) atoms. The van der Waals surface area contributed by atoms with E-state index in [1.54, 1.807) is 0 Å². The number of non-ortho nitro benzene ring substituents is 1. The number of rotatable bonds is 4. The van der Waals surface area contributed by atoms with Crippen LogP contribution in [0.5, 0.6) is 0 Å². The number of nitrogens with one attached hydrogen (secondary N) is 1. The van der Waals surface area contributed by atoms with Crippen LogP contribution in [0.4, 0.5) is 11.4 Å². The summed E-state index contributed by atoms with van der Waals surface area (Å²) in [6.45, 7) is -0.425. The number of carbonyl (C=O) groups excluding carboxylic acids is 3. The molecule has 106 valence electrons. The Hall–Kier alpha value is -3.23. The molecule has 0 spiro atoms. The van der Waals surface area contributed by atoms with Gasteiger partial charge in [-0.05, 0) is 16.8 Å². The minimum atomic E-state index is -0.627. The van der Waals surface area contributed by atoms with Crippen molar-refractivity contribution in [1.82, 2.24) is 0 Å². The second-order valence-electron chi connectivity index (χ2n) is 4.02. The van der Waals surface area contributed by atoms with Gasteiger partial charge in [0.25, 0.3) is 18.1 Å². The van der Waals surface area contributed by atoms with Gasteiger partial charge in [0.1, 0.15) is 0 Å². The molecule has 0 fully saturated rings. The summed E-state index contributed by atoms with van der Waals surface area (Å²) in [6.07, 6.45) is 2.03. The van der Waals surface area contributed by atoms with Gasteiger partial charge < -0.3 is 5.32 Å². The first kappa shape index (κ1) is 14.2. The molecule has 0 atom stereocenters. The zero-order valence-electron chi connectivity index (χ0n) is 10.6. The first-order chi connectivity index (χ1) is 9.95. The van der Waals surface area contributed by atoms with Crippen LogP contribution in [0.3, 0.4) is 0 Å². The Balaban J connectivity index is 2.00. The molecule has 9 heteroatoms. The monoisotopic (exact) mass is 289 g/mol. The molecule has 0 bridgehead atoms. The molecule has 1 heterocycles. The van der Waals surface area contributed by atoms with Gasteiger partial charge in [0.2, 0.25) is 0 Å². The van der Waals surface area contributed by atoms with Crippen molar-refractivity contribution in [3.8, 4) is 0 Å². The summed E-state index contributed by atoms with van der Waals surface area (Å²) in [5.74, 6) is -1.78. The maximum atomic E-state index is 11.7. The Labute approximate surface area is 117 Å². The van der Waals surface area contributed by atoms with Crippen LogP contribution in [-0.4, -0.2) is 33.9 Å². The lowest BCUT2D eigenvalue weighted by Crippen LogP contribution is -2.31. The van der Waals surface area contributed by atoms with Gasteiger partial charge in [0, 0.05) is 29.0 Å². The number of hydrogen-bond acceptors (Lipinski definition) is 5. The topological polar surface area (TPSA) is 122 Å². The normalized spacial score (nSPS) is 13.8. The molecule has 1 aromatic rings. The molecule has 0 aromatic heterocycles. The molecular formula is C12H9N4O5+. The minimum Gasteiger partial charge on any atom is -0.320 e. The van der Waals surface area contributed by atoms with Gasteiger partial charge in [-0.3, -0.25) is 19.7 Å². The lowest BCUT2D eigenvalue weighted by atomic mass is 10.3. The van der Waals surface area contributed by atoms with E-state index in [1.807, 2.05) is 0 Å². The Bertz CT molecular complexity index is 690. The maximum absolute atomic E-state index is 11.7. The van der Waals surface area contributed by atoms with Crippen LogP contribution in [-0.2, 0) is 14.4 Å². The van der Waals surface area contributed by atoms with Crippen LogP contribution < -0.4 is 5.32 Å². The smallest absolute Gasteiger partial charge is 0.320 e. The van der Waals surface area contributed by atoms with Crippen molar-refractivity contribution >= 4 is 29.1 Å². The first-order valence-electron chi connectivity index (χ1n) is 5.75. The van der Waals surface area contributed by atoms with Crippen molar-refractivity contribution in [3.05, 3.63) is 46.5 Å². The number of hydrogen-bond donors (Lipinski definition) is 1. The molecule has 1 aliphatic heterocycles. The van der Waals surface area contributed by atoms with E-state index in [-0.39, 0.29) is 5.69 Å². The van der Waals surface area contributed by atoms with Gasteiger partial charge in [0.05, 0.1) is 11.0 Å². The molecule has 3 amide bonds. The van der Waals surface area contributed by atoms with Gasteiger partial charge in [-0.2, -0.15) is 0 Å². The Morgan fingerprint density at radius 3 is 2.52 bits per heavy atom. The lowest BCUT2D eigenvalue weighted by molar-refractivity contribution is -0.495. The van der Waals surface area contributed by atoms with Crippen LogP contribution in [0.2, 0.25) is 0 Å². The third-order valence-corrected chi connectivity index (χ3v) is 2.50. The number of azo groups is 2. The fraction of sp³-hybridized carbons (Fsp3) is 0.0833.